The van der Waals surface area contributed by atoms with Crippen LogP contribution in [-0.2, 0) is 0 Å². The van der Waals surface area contributed by atoms with E-state index in [1.54, 1.807) is 6.20 Å². The van der Waals surface area contributed by atoms with Crippen LogP contribution in [0.25, 0.3) is 0 Å². The number of pyridine rings is 1. The van der Waals surface area contributed by atoms with Crippen LogP contribution in [0.3, 0.4) is 0 Å². The molecule has 1 aromatic rings. The Morgan fingerprint density at radius 3 is 2.73 bits per heavy atom. The molecule has 1 heterocycles. The van der Waals surface area contributed by atoms with Crippen LogP contribution in [0.4, 0.5) is 5.82 Å². The van der Waals surface area contributed by atoms with Crippen molar-refractivity contribution in [2.24, 2.45) is 5.73 Å². The standard InChI is InChI=1S/C11H19N3O/c1-8(7-15)14(3)11-6-10(9(2)12)4-5-13-11/h4-6,8-9,15H,7,12H2,1-3H3/t8?,9-/m1/s1. The Kier molecular flexibility index (Phi) is 4.05. The summed E-state index contributed by atoms with van der Waals surface area (Å²) in [6.45, 7) is 4.00. The normalized spacial score (nSPS) is 14.7. The molecular formula is C11H19N3O. The first-order valence-electron chi connectivity index (χ1n) is 5.11. The summed E-state index contributed by atoms with van der Waals surface area (Å²) in [5.74, 6) is 0.839. The van der Waals surface area contributed by atoms with E-state index in [2.05, 4.69) is 4.98 Å². The predicted molar refractivity (Wildman–Crippen MR) is 61.8 cm³/mol. The second-order valence-electron chi connectivity index (χ2n) is 3.88. The van der Waals surface area contributed by atoms with Crippen LogP contribution < -0.4 is 10.6 Å². The molecule has 4 nitrogen and oxygen atoms in total. The van der Waals surface area contributed by atoms with Crippen LogP contribution in [0.5, 0.6) is 0 Å². The highest BCUT2D eigenvalue weighted by atomic mass is 16.3. The molecule has 0 saturated carbocycles. The Hall–Kier alpha value is -1.13. The second kappa shape index (κ2) is 5.09. The van der Waals surface area contributed by atoms with Crippen LogP contribution in [0.2, 0.25) is 0 Å². The number of aliphatic hydroxyl groups excluding tert-OH is 1. The zero-order valence-electron chi connectivity index (χ0n) is 9.51. The van der Waals surface area contributed by atoms with E-state index < -0.39 is 0 Å². The number of anilines is 1. The first kappa shape index (κ1) is 11.9. The van der Waals surface area contributed by atoms with E-state index in [1.165, 1.54) is 0 Å². The summed E-state index contributed by atoms with van der Waals surface area (Å²) in [5.41, 5.74) is 6.85. The van der Waals surface area contributed by atoms with E-state index in [0.29, 0.717) is 0 Å². The van der Waals surface area contributed by atoms with E-state index in [-0.39, 0.29) is 18.7 Å². The lowest BCUT2D eigenvalue weighted by Gasteiger charge is -2.24. The Balaban J connectivity index is 2.90. The van der Waals surface area contributed by atoms with Gasteiger partial charge in [-0.1, -0.05) is 0 Å². The maximum Gasteiger partial charge on any atom is 0.128 e. The van der Waals surface area contributed by atoms with Crippen LogP contribution in [-0.4, -0.2) is 29.8 Å². The number of nitrogens with zero attached hydrogens (tertiary/aromatic N) is 2. The molecular weight excluding hydrogens is 190 g/mol. The molecule has 1 rings (SSSR count). The molecule has 0 aliphatic carbocycles. The van der Waals surface area contributed by atoms with Gasteiger partial charge < -0.3 is 15.7 Å². The minimum Gasteiger partial charge on any atom is -0.394 e. The summed E-state index contributed by atoms with van der Waals surface area (Å²) < 4.78 is 0. The highest BCUT2D eigenvalue weighted by molar-refractivity contribution is 5.41. The molecule has 0 aliphatic rings. The fraction of sp³-hybridized carbons (Fsp3) is 0.545. The molecule has 0 saturated heterocycles. The van der Waals surface area contributed by atoms with Gasteiger partial charge in [-0.05, 0) is 31.5 Å². The molecule has 0 bridgehead atoms. The van der Waals surface area contributed by atoms with Crippen molar-refractivity contribution in [3.05, 3.63) is 23.9 Å². The van der Waals surface area contributed by atoms with Gasteiger partial charge in [0, 0.05) is 19.3 Å². The third kappa shape index (κ3) is 2.91. The van der Waals surface area contributed by atoms with E-state index in [9.17, 15) is 0 Å². The van der Waals surface area contributed by atoms with Crippen molar-refractivity contribution in [1.29, 1.82) is 0 Å². The van der Waals surface area contributed by atoms with E-state index >= 15 is 0 Å². The summed E-state index contributed by atoms with van der Waals surface area (Å²) in [5, 5.41) is 9.05. The van der Waals surface area contributed by atoms with Crippen molar-refractivity contribution < 1.29 is 5.11 Å². The minimum atomic E-state index is 0.00424. The van der Waals surface area contributed by atoms with Crippen LogP contribution in [0.15, 0.2) is 18.3 Å². The fourth-order valence-electron chi connectivity index (χ4n) is 1.26. The molecule has 0 amide bonds. The average Bonchev–Trinajstić information content (AvgIpc) is 2.27. The van der Waals surface area contributed by atoms with Crippen molar-refractivity contribution in [2.75, 3.05) is 18.6 Å². The minimum absolute atomic E-state index is 0.00424. The summed E-state index contributed by atoms with van der Waals surface area (Å²) in [4.78, 5) is 6.19. The van der Waals surface area contributed by atoms with Crippen LogP contribution in [0, 0.1) is 0 Å². The van der Waals surface area contributed by atoms with E-state index in [1.807, 2.05) is 37.9 Å². The SMILES string of the molecule is CC(CO)N(C)c1cc([C@@H](C)N)ccn1. The molecule has 0 radical (unpaired) electrons. The molecule has 0 fully saturated rings. The van der Waals surface area contributed by atoms with Gasteiger partial charge in [-0.15, -0.1) is 0 Å². The zero-order chi connectivity index (χ0) is 11.4. The number of hydrogen-bond donors (Lipinski definition) is 2. The van der Waals surface area contributed by atoms with Gasteiger partial charge >= 0.3 is 0 Å². The molecule has 0 aliphatic heterocycles. The van der Waals surface area contributed by atoms with Gasteiger partial charge in [0.1, 0.15) is 5.82 Å². The van der Waals surface area contributed by atoms with Crippen molar-refractivity contribution in [2.45, 2.75) is 25.9 Å². The van der Waals surface area contributed by atoms with Crippen molar-refractivity contribution in [3.8, 4) is 0 Å². The molecule has 2 atom stereocenters. The topological polar surface area (TPSA) is 62.4 Å². The predicted octanol–water partition coefficient (Wildman–Crippen LogP) is 0.918. The van der Waals surface area contributed by atoms with Gasteiger partial charge in [-0.2, -0.15) is 0 Å². The van der Waals surface area contributed by atoms with E-state index in [0.717, 1.165) is 11.4 Å². The van der Waals surface area contributed by atoms with Gasteiger partial charge in [0.2, 0.25) is 0 Å². The summed E-state index contributed by atoms with van der Waals surface area (Å²) in [7, 11) is 1.91. The van der Waals surface area contributed by atoms with Crippen LogP contribution >= 0.6 is 0 Å². The number of aromatic nitrogens is 1. The molecule has 1 unspecified atom stereocenters. The fourth-order valence-corrected chi connectivity index (χ4v) is 1.26. The van der Waals surface area contributed by atoms with Gasteiger partial charge in [-0.3, -0.25) is 0 Å². The second-order valence-corrected chi connectivity index (χ2v) is 3.88. The first-order valence-corrected chi connectivity index (χ1v) is 5.11. The van der Waals surface area contributed by atoms with Crippen molar-refractivity contribution in [1.82, 2.24) is 4.98 Å². The van der Waals surface area contributed by atoms with Gasteiger partial charge in [0.25, 0.3) is 0 Å². The maximum absolute atomic E-state index is 9.05. The number of likely N-dealkylation sites (N-methyl/N-ethyl adjacent to an activating group) is 1. The quantitative estimate of drug-likeness (QED) is 0.774. The third-order valence-corrected chi connectivity index (χ3v) is 2.58. The lowest BCUT2D eigenvalue weighted by molar-refractivity contribution is 0.270. The van der Waals surface area contributed by atoms with Gasteiger partial charge in [0.15, 0.2) is 0 Å². The Bertz CT molecular complexity index is 314. The Morgan fingerprint density at radius 1 is 1.53 bits per heavy atom. The van der Waals surface area contributed by atoms with Crippen LogP contribution in [0.1, 0.15) is 25.5 Å². The highest BCUT2D eigenvalue weighted by Gasteiger charge is 2.10. The van der Waals surface area contributed by atoms with Crippen molar-refractivity contribution in [3.63, 3.8) is 0 Å². The zero-order valence-corrected chi connectivity index (χ0v) is 9.51. The van der Waals surface area contributed by atoms with Gasteiger partial charge in [-0.25, -0.2) is 4.98 Å². The number of nitrogens with two attached hydrogens (primary N) is 1. The number of aliphatic hydroxyl groups is 1. The van der Waals surface area contributed by atoms with Gasteiger partial charge in [0.05, 0.1) is 12.6 Å². The lowest BCUT2D eigenvalue weighted by Crippen LogP contribution is -2.32. The van der Waals surface area contributed by atoms with Crippen molar-refractivity contribution >= 4 is 5.82 Å². The maximum atomic E-state index is 9.05. The summed E-state index contributed by atoms with van der Waals surface area (Å²) in [6, 6.07) is 3.92. The lowest BCUT2D eigenvalue weighted by atomic mass is 10.1. The first-order chi connectivity index (χ1) is 7.06. The summed E-state index contributed by atoms with van der Waals surface area (Å²) >= 11 is 0. The molecule has 0 spiro atoms. The van der Waals surface area contributed by atoms with E-state index in [4.69, 9.17) is 10.8 Å². The third-order valence-electron chi connectivity index (χ3n) is 2.58. The Morgan fingerprint density at radius 2 is 2.20 bits per heavy atom. The monoisotopic (exact) mass is 209 g/mol. The molecule has 84 valence electrons. The Labute approximate surface area is 90.7 Å². The largest absolute Gasteiger partial charge is 0.394 e. The highest BCUT2D eigenvalue weighted by Crippen LogP contribution is 2.17. The molecule has 15 heavy (non-hydrogen) atoms. The number of rotatable bonds is 4. The number of hydrogen-bond acceptors (Lipinski definition) is 4. The smallest absolute Gasteiger partial charge is 0.128 e. The average molecular weight is 209 g/mol. The molecule has 0 aromatic carbocycles. The molecule has 4 heteroatoms. The summed E-state index contributed by atoms with van der Waals surface area (Å²) in [6.07, 6.45) is 1.74. The molecule has 1 aromatic heterocycles. The molecule has 3 N–H and O–H groups in total.